The Kier molecular flexibility index (Phi) is 4.15. The fourth-order valence-electron chi connectivity index (χ4n) is 4.13. The van der Waals surface area contributed by atoms with Crippen LogP contribution in [0.1, 0.15) is 29.7 Å². The summed E-state index contributed by atoms with van der Waals surface area (Å²) in [5.74, 6) is 0.903. The van der Waals surface area contributed by atoms with E-state index in [0.717, 1.165) is 30.6 Å². The summed E-state index contributed by atoms with van der Waals surface area (Å²) in [6.07, 6.45) is 2.27. The summed E-state index contributed by atoms with van der Waals surface area (Å²) in [6, 6.07) is 14.1. The lowest BCUT2D eigenvalue weighted by Gasteiger charge is -2.31. The molecule has 1 amide bonds. The zero-order valence-electron chi connectivity index (χ0n) is 16.2. The first-order valence-corrected chi connectivity index (χ1v) is 9.78. The van der Waals surface area contributed by atoms with E-state index in [-0.39, 0.29) is 11.7 Å². The molecule has 1 aromatic heterocycles. The van der Waals surface area contributed by atoms with Gasteiger partial charge < -0.3 is 14.2 Å². The van der Waals surface area contributed by atoms with Crippen LogP contribution in [0.4, 0.5) is 4.39 Å². The summed E-state index contributed by atoms with van der Waals surface area (Å²) in [4.78, 5) is 15.3. The van der Waals surface area contributed by atoms with E-state index in [9.17, 15) is 9.18 Å². The van der Waals surface area contributed by atoms with Crippen molar-refractivity contribution < 1.29 is 18.4 Å². The van der Waals surface area contributed by atoms with Gasteiger partial charge in [-0.05, 0) is 54.7 Å². The molecule has 1 aliphatic heterocycles. The molecule has 0 spiro atoms. The average molecular weight is 392 g/mol. The Hall–Kier alpha value is -3.15. The summed E-state index contributed by atoms with van der Waals surface area (Å²) < 4.78 is 24.8. The Morgan fingerprint density at radius 1 is 1.17 bits per heavy atom. The summed E-state index contributed by atoms with van der Waals surface area (Å²) >= 11 is 0. The number of carbonyl (C=O) groups is 1. The van der Waals surface area contributed by atoms with Crippen LogP contribution in [0.25, 0.3) is 11.3 Å². The molecule has 1 fully saturated rings. The minimum absolute atomic E-state index is 0.0763. The van der Waals surface area contributed by atoms with Crippen molar-refractivity contribution in [3.63, 3.8) is 0 Å². The summed E-state index contributed by atoms with van der Waals surface area (Å²) in [6.45, 7) is 1.25. The molecule has 29 heavy (non-hydrogen) atoms. The van der Waals surface area contributed by atoms with E-state index in [1.165, 1.54) is 11.6 Å². The van der Waals surface area contributed by atoms with Crippen molar-refractivity contribution in [1.29, 1.82) is 0 Å². The third kappa shape index (κ3) is 2.99. The molecule has 2 aliphatic rings. The standard InChI is InChI=1S/C23H21FN2O3/c1-28-17-7-6-16-14-26(11-8-15(16)12-17)22(27)23(9-10-23)21-13-20(29-25-21)18-4-2-3-5-19(18)24/h2-7,12-13H,8-11,14H2,1H3. The quantitative estimate of drug-likeness (QED) is 0.671. The molecule has 0 N–H and O–H groups in total. The molecular formula is C23H21FN2O3. The second-order valence-electron chi connectivity index (χ2n) is 7.75. The molecule has 6 heteroatoms. The Morgan fingerprint density at radius 2 is 2.00 bits per heavy atom. The Labute approximate surface area is 168 Å². The number of carbonyl (C=O) groups excluding carboxylic acids is 1. The van der Waals surface area contributed by atoms with Gasteiger partial charge in [-0.25, -0.2) is 4.39 Å². The van der Waals surface area contributed by atoms with Crippen LogP contribution >= 0.6 is 0 Å². The van der Waals surface area contributed by atoms with Gasteiger partial charge in [0.2, 0.25) is 5.91 Å². The highest BCUT2D eigenvalue weighted by atomic mass is 19.1. The fraction of sp³-hybridized carbons (Fsp3) is 0.304. The van der Waals surface area contributed by atoms with E-state index in [0.29, 0.717) is 30.1 Å². The van der Waals surface area contributed by atoms with Crippen LogP contribution in [-0.2, 0) is 23.2 Å². The van der Waals surface area contributed by atoms with Crippen molar-refractivity contribution in [3.05, 3.63) is 71.2 Å². The lowest BCUT2D eigenvalue weighted by Crippen LogP contribution is -2.42. The van der Waals surface area contributed by atoms with Crippen LogP contribution in [0.2, 0.25) is 0 Å². The molecule has 0 atom stereocenters. The van der Waals surface area contributed by atoms with Crippen LogP contribution in [0.3, 0.4) is 0 Å². The number of fused-ring (bicyclic) bond motifs is 1. The van der Waals surface area contributed by atoms with Crippen molar-refractivity contribution in [2.24, 2.45) is 0 Å². The first-order valence-electron chi connectivity index (χ1n) is 9.78. The van der Waals surface area contributed by atoms with Gasteiger partial charge in [-0.2, -0.15) is 0 Å². The minimum atomic E-state index is -0.642. The third-order valence-corrected chi connectivity index (χ3v) is 6.01. The number of halogens is 1. The van der Waals surface area contributed by atoms with Crippen molar-refractivity contribution >= 4 is 5.91 Å². The number of methoxy groups -OCH3 is 1. The molecule has 0 radical (unpaired) electrons. The molecule has 148 valence electrons. The van der Waals surface area contributed by atoms with Gasteiger partial charge in [0, 0.05) is 19.2 Å². The normalized spacial score (nSPS) is 17.0. The van der Waals surface area contributed by atoms with Crippen molar-refractivity contribution in [1.82, 2.24) is 10.1 Å². The Balaban J connectivity index is 1.38. The maximum Gasteiger partial charge on any atom is 0.235 e. The van der Waals surface area contributed by atoms with Crippen LogP contribution in [-0.4, -0.2) is 29.6 Å². The summed E-state index contributed by atoms with van der Waals surface area (Å²) in [5, 5.41) is 4.15. The predicted molar refractivity (Wildman–Crippen MR) is 105 cm³/mol. The maximum atomic E-state index is 14.1. The van der Waals surface area contributed by atoms with Crippen molar-refractivity contribution in [2.45, 2.75) is 31.2 Å². The van der Waals surface area contributed by atoms with E-state index in [2.05, 4.69) is 5.16 Å². The SMILES string of the molecule is COc1ccc2c(c1)CCN(C(=O)C1(c3cc(-c4ccccc4F)on3)CC1)C2. The molecular weight excluding hydrogens is 371 g/mol. The monoisotopic (exact) mass is 392 g/mol. The van der Waals surface area contributed by atoms with Crippen LogP contribution < -0.4 is 4.74 Å². The van der Waals surface area contributed by atoms with Crippen molar-refractivity contribution in [3.8, 4) is 17.1 Å². The highest BCUT2D eigenvalue weighted by Crippen LogP contribution is 2.50. The zero-order chi connectivity index (χ0) is 20.0. The lowest BCUT2D eigenvalue weighted by molar-refractivity contribution is -0.135. The van der Waals surface area contributed by atoms with Gasteiger partial charge in [-0.3, -0.25) is 4.79 Å². The van der Waals surface area contributed by atoms with Gasteiger partial charge in [-0.1, -0.05) is 23.4 Å². The largest absolute Gasteiger partial charge is 0.497 e. The molecule has 3 aromatic rings. The van der Waals surface area contributed by atoms with Crippen LogP contribution in [0.15, 0.2) is 53.1 Å². The number of hydrogen-bond donors (Lipinski definition) is 0. The molecule has 5 nitrogen and oxygen atoms in total. The average Bonchev–Trinajstić information content (AvgIpc) is 3.42. The Morgan fingerprint density at radius 3 is 2.76 bits per heavy atom. The summed E-state index contributed by atoms with van der Waals surface area (Å²) in [7, 11) is 1.66. The molecule has 5 rings (SSSR count). The van der Waals surface area contributed by atoms with Gasteiger partial charge in [0.15, 0.2) is 5.76 Å². The highest BCUT2D eigenvalue weighted by molar-refractivity contribution is 5.91. The highest BCUT2D eigenvalue weighted by Gasteiger charge is 2.55. The number of amides is 1. The Bertz CT molecular complexity index is 1090. The minimum Gasteiger partial charge on any atom is -0.497 e. The number of ether oxygens (including phenoxy) is 1. The van der Waals surface area contributed by atoms with Crippen molar-refractivity contribution in [2.75, 3.05) is 13.7 Å². The van der Waals surface area contributed by atoms with E-state index in [1.807, 2.05) is 23.1 Å². The molecule has 0 bridgehead atoms. The fourth-order valence-corrected chi connectivity index (χ4v) is 4.13. The third-order valence-electron chi connectivity index (χ3n) is 6.01. The smallest absolute Gasteiger partial charge is 0.235 e. The number of benzene rings is 2. The second-order valence-corrected chi connectivity index (χ2v) is 7.75. The molecule has 1 aliphatic carbocycles. The van der Waals surface area contributed by atoms with Gasteiger partial charge in [0.1, 0.15) is 11.6 Å². The van der Waals surface area contributed by atoms with Gasteiger partial charge in [-0.15, -0.1) is 0 Å². The van der Waals surface area contributed by atoms with E-state index < -0.39 is 5.41 Å². The zero-order valence-corrected chi connectivity index (χ0v) is 16.2. The van der Waals surface area contributed by atoms with Gasteiger partial charge in [0.25, 0.3) is 0 Å². The van der Waals surface area contributed by atoms with Crippen LogP contribution in [0, 0.1) is 5.82 Å². The van der Waals surface area contributed by atoms with E-state index in [4.69, 9.17) is 9.26 Å². The number of aromatic nitrogens is 1. The lowest BCUT2D eigenvalue weighted by atomic mass is 9.95. The van der Waals surface area contributed by atoms with E-state index in [1.54, 1.807) is 31.4 Å². The molecule has 0 saturated heterocycles. The first kappa shape index (κ1) is 17.9. The molecule has 1 saturated carbocycles. The number of nitrogens with zero attached hydrogens (tertiary/aromatic N) is 2. The number of hydrogen-bond acceptors (Lipinski definition) is 4. The molecule has 2 aromatic carbocycles. The molecule has 0 unspecified atom stereocenters. The van der Waals surface area contributed by atoms with Gasteiger partial charge >= 0.3 is 0 Å². The predicted octanol–water partition coefficient (Wildman–Crippen LogP) is 4.11. The van der Waals surface area contributed by atoms with Crippen LogP contribution in [0.5, 0.6) is 5.75 Å². The maximum absolute atomic E-state index is 14.1. The molecule has 2 heterocycles. The first-order chi connectivity index (χ1) is 14.1. The number of rotatable bonds is 4. The topological polar surface area (TPSA) is 55.6 Å². The summed E-state index contributed by atoms with van der Waals surface area (Å²) in [5.41, 5.74) is 2.68. The second kappa shape index (κ2) is 6.72. The van der Waals surface area contributed by atoms with E-state index >= 15 is 0 Å². The van der Waals surface area contributed by atoms with Gasteiger partial charge in [0.05, 0.1) is 23.8 Å².